The molecule has 4 heteroatoms. The van der Waals surface area contributed by atoms with Crippen LogP contribution in [-0.2, 0) is 13.0 Å². The monoisotopic (exact) mass is 258 g/mol. The summed E-state index contributed by atoms with van der Waals surface area (Å²) in [6, 6.07) is 8.53. The van der Waals surface area contributed by atoms with Crippen molar-refractivity contribution in [1.29, 1.82) is 0 Å². The Hall–Kier alpha value is -1.81. The molecule has 2 aromatic rings. The molecule has 0 aliphatic heterocycles. The molecule has 3 N–H and O–H groups in total. The predicted molar refractivity (Wildman–Crippen MR) is 79.0 cm³/mol. The van der Waals surface area contributed by atoms with Crippen LogP contribution >= 0.6 is 0 Å². The van der Waals surface area contributed by atoms with Crippen molar-refractivity contribution in [2.45, 2.75) is 26.8 Å². The van der Waals surface area contributed by atoms with Crippen molar-refractivity contribution in [3.63, 3.8) is 0 Å². The Morgan fingerprint density at radius 1 is 1.26 bits per heavy atom. The summed E-state index contributed by atoms with van der Waals surface area (Å²) in [7, 11) is 2.11. The highest BCUT2D eigenvalue weighted by Crippen LogP contribution is 2.12. The number of rotatable bonds is 5. The normalized spacial score (nSPS) is 11.2. The highest BCUT2D eigenvalue weighted by Gasteiger charge is 2.05. The summed E-state index contributed by atoms with van der Waals surface area (Å²) in [5.74, 6) is 0.553. The van der Waals surface area contributed by atoms with E-state index in [0.29, 0.717) is 5.82 Å². The Kier molecular flexibility index (Phi) is 4.22. The molecule has 2 rings (SSSR count). The van der Waals surface area contributed by atoms with E-state index in [1.807, 2.05) is 6.07 Å². The van der Waals surface area contributed by atoms with Crippen LogP contribution in [0.3, 0.4) is 0 Å². The second-order valence-corrected chi connectivity index (χ2v) is 5.24. The molecule has 0 atom stereocenters. The molecule has 0 saturated carbocycles. The zero-order valence-corrected chi connectivity index (χ0v) is 11.9. The molecular weight excluding hydrogens is 236 g/mol. The van der Waals surface area contributed by atoms with Gasteiger partial charge in [0.2, 0.25) is 0 Å². The summed E-state index contributed by atoms with van der Waals surface area (Å²) >= 11 is 0. The number of hydrogen-bond donors (Lipinski definition) is 2. The average molecular weight is 258 g/mol. The van der Waals surface area contributed by atoms with Crippen molar-refractivity contribution in [3.05, 3.63) is 46.6 Å². The van der Waals surface area contributed by atoms with Crippen molar-refractivity contribution in [3.8, 4) is 0 Å². The van der Waals surface area contributed by atoms with Gasteiger partial charge in [0, 0.05) is 19.2 Å². The number of hydrogen-bond acceptors (Lipinski definition) is 3. The molecule has 0 bridgehead atoms. The van der Waals surface area contributed by atoms with Gasteiger partial charge in [0.15, 0.2) is 0 Å². The lowest BCUT2D eigenvalue weighted by molar-refractivity contribution is 0.327. The number of anilines is 1. The van der Waals surface area contributed by atoms with Gasteiger partial charge in [-0.05, 0) is 38.4 Å². The van der Waals surface area contributed by atoms with Gasteiger partial charge in [0.1, 0.15) is 5.82 Å². The Morgan fingerprint density at radius 2 is 2.05 bits per heavy atom. The minimum absolute atomic E-state index is 0.553. The van der Waals surface area contributed by atoms with E-state index >= 15 is 0 Å². The van der Waals surface area contributed by atoms with Crippen molar-refractivity contribution in [2.75, 3.05) is 19.3 Å². The molecule has 19 heavy (non-hydrogen) atoms. The number of aryl methyl sites for hydroxylation is 2. The van der Waals surface area contributed by atoms with Crippen LogP contribution in [0, 0.1) is 13.8 Å². The van der Waals surface area contributed by atoms with Crippen LogP contribution < -0.4 is 5.73 Å². The van der Waals surface area contributed by atoms with Crippen molar-refractivity contribution >= 4 is 5.82 Å². The minimum Gasteiger partial charge on any atom is -0.382 e. The number of benzene rings is 1. The van der Waals surface area contributed by atoms with E-state index in [1.165, 1.54) is 16.7 Å². The summed E-state index contributed by atoms with van der Waals surface area (Å²) < 4.78 is 0. The first-order valence-electron chi connectivity index (χ1n) is 6.59. The molecule has 1 aromatic carbocycles. The molecule has 4 nitrogen and oxygen atoms in total. The van der Waals surface area contributed by atoms with Gasteiger partial charge in [0.25, 0.3) is 0 Å². The van der Waals surface area contributed by atoms with E-state index in [9.17, 15) is 0 Å². The van der Waals surface area contributed by atoms with Crippen molar-refractivity contribution < 1.29 is 0 Å². The minimum atomic E-state index is 0.553. The maximum Gasteiger partial charge on any atom is 0.145 e. The zero-order chi connectivity index (χ0) is 13.8. The fourth-order valence-electron chi connectivity index (χ4n) is 2.27. The lowest BCUT2D eigenvalue weighted by atomic mass is 10.0. The highest BCUT2D eigenvalue weighted by molar-refractivity contribution is 5.30. The quantitative estimate of drug-likeness (QED) is 0.865. The summed E-state index contributed by atoms with van der Waals surface area (Å²) in [6.07, 6.45) is 1.06. The summed E-state index contributed by atoms with van der Waals surface area (Å²) in [6.45, 7) is 6.17. The number of H-pyrrole nitrogens is 1. The van der Waals surface area contributed by atoms with Crippen LogP contribution in [0.4, 0.5) is 5.82 Å². The Balaban J connectivity index is 1.87. The number of likely N-dealkylation sites (N-methyl/N-ethyl adjacent to an activating group) is 1. The average Bonchev–Trinajstić information content (AvgIpc) is 2.73. The van der Waals surface area contributed by atoms with Crippen LogP contribution in [0.25, 0.3) is 0 Å². The van der Waals surface area contributed by atoms with Gasteiger partial charge in [0.05, 0.1) is 5.69 Å². The molecule has 102 valence electrons. The topological polar surface area (TPSA) is 57.9 Å². The number of nitrogens with zero attached hydrogens (tertiary/aromatic N) is 2. The van der Waals surface area contributed by atoms with Crippen molar-refractivity contribution in [1.82, 2.24) is 15.1 Å². The molecule has 1 aromatic heterocycles. The second-order valence-electron chi connectivity index (χ2n) is 5.24. The molecule has 0 unspecified atom stereocenters. The van der Waals surface area contributed by atoms with Crippen molar-refractivity contribution in [2.24, 2.45) is 0 Å². The van der Waals surface area contributed by atoms with Crippen LogP contribution in [0.2, 0.25) is 0 Å². The zero-order valence-electron chi connectivity index (χ0n) is 11.9. The fraction of sp³-hybridized carbons (Fsp3) is 0.400. The van der Waals surface area contributed by atoms with E-state index in [0.717, 1.165) is 25.2 Å². The number of aromatic nitrogens is 2. The first-order valence-corrected chi connectivity index (χ1v) is 6.59. The van der Waals surface area contributed by atoms with Crippen LogP contribution in [0.15, 0.2) is 24.3 Å². The Morgan fingerprint density at radius 3 is 2.68 bits per heavy atom. The smallest absolute Gasteiger partial charge is 0.145 e. The number of nitrogen functional groups attached to an aromatic ring is 1. The third-order valence-corrected chi connectivity index (χ3v) is 3.35. The molecule has 1 heterocycles. The third-order valence-electron chi connectivity index (χ3n) is 3.35. The van der Waals surface area contributed by atoms with E-state index in [4.69, 9.17) is 5.73 Å². The predicted octanol–water partition coefficient (Wildman–Crippen LogP) is 2.28. The summed E-state index contributed by atoms with van der Waals surface area (Å²) in [5.41, 5.74) is 10.8. The molecule has 0 fully saturated rings. The largest absolute Gasteiger partial charge is 0.382 e. The van der Waals surface area contributed by atoms with E-state index < -0.39 is 0 Å². The molecule has 0 radical (unpaired) electrons. The molecule has 0 aliphatic carbocycles. The molecule has 0 amide bonds. The van der Waals surface area contributed by atoms with Crippen LogP contribution in [0.5, 0.6) is 0 Å². The van der Waals surface area contributed by atoms with Gasteiger partial charge in [-0.25, -0.2) is 0 Å². The Bertz CT molecular complexity index is 545. The van der Waals surface area contributed by atoms with Gasteiger partial charge in [-0.1, -0.05) is 23.8 Å². The lowest BCUT2D eigenvalue weighted by Gasteiger charge is -2.16. The van der Waals surface area contributed by atoms with Gasteiger partial charge in [-0.3, -0.25) is 5.10 Å². The molecule has 0 saturated heterocycles. The summed E-state index contributed by atoms with van der Waals surface area (Å²) in [5, 5.41) is 6.87. The number of aromatic amines is 1. The maximum atomic E-state index is 5.59. The molecular formula is C15H22N4. The SMILES string of the molecule is Cc1ccc(CCN(C)Cc2cc(N)n[nH]2)c(C)c1. The highest BCUT2D eigenvalue weighted by atomic mass is 15.2. The van der Waals surface area contributed by atoms with E-state index in [2.05, 4.69) is 54.2 Å². The Labute approximate surface area is 114 Å². The first kappa shape index (κ1) is 13.6. The first-order chi connectivity index (χ1) is 9.04. The fourth-order valence-corrected chi connectivity index (χ4v) is 2.27. The molecule has 0 spiro atoms. The maximum absolute atomic E-state index is 5.59. The van der Waals surface area contributed by atoms with Gasteiger partial charge < -0.3 is 10.6 Å². The van der Waals surface area contributed by atoms with E-state index in [-0.39, 0.29) is 0 Å². The number of nitrogens with one attached hydrogen (secondary N) is 1. The van der Waals surface area contributed by atoms with Crippen LogP contribution in [0.1, 0.15) is 22.4 Å². The third kappa shape index (κ3) is 3.83. The number of nitrogens with two attached hydrogens (primary N) is 1. The van der Waals surface area contributed by atoms with Gasteiger partial charge in [-0.15, -0.1) is 0 Å². The lowest BCUT2D eigenvalue weighted by Crippen LogP contribution is -2.21. The molecule has 0 aliphatic rings. The standard InChI is InChI=1S/C15H22N4/c1-11-4-5-13(12(2)8-11)6-7-19(3)10-14-9-15(16)18-17-14/h4-5,8-9H,6-7,10H2,1-3H3,(H3,16,17,18). The second kappa shape index (κ2) is 5.89. The van der Waals surface area contributed by atoms with Gasteiger partial charge >= 0.3 is 0 Å². The summed E-state index contributed by atoms with van der Waals surface area (Å²) in [4.78, 5) is 2.27. The van der Waals surface area contributed by atoms with Crippen LogP contribution in [-0.4, -0.2) is 28.7 Å². The van der Waals surface area contributed by atoms with E-state index in [1.54, 1.807) is 0 Å². The van der Waals surface area contributed by atoms with Gasteiger partial charge in [-0.2, -0.15) is 5.10 Å².